The van der Waals surface area contributed by atoms with E-state index in [1.54, 1.807) is 12.4 Å². The summed E-state index contributed by atoms with van der Waals surface area (Å²) in [4.78, 5) is 94.0. The highest BCUT2D eigenvalue weighted by atomic mass is 16.5. The summed E-state index contributed by atoms with van der Waals surface area (Å²) in [5.74, 6) is -7.82. The van der Waals surface area contributed by atoms with Gasteiger partial charge in [0.05, 0.1) is 34.8 Å². The normalized spacial score (nSPS) is 28.0. The molecule has 10 atom stereocenters. The number of benzene rings is 2. The maximum Gasteiger partial charge on any atom is 0.340 e. The number of carbonyl (C=O) groups excluding carboxylic acids is 6. The summed E-state index contributed by atoms with van der Waals surface area (Å²) in [6.07, 6.45) is 3.68. The van der Waals surface area contributed by atoms with Crippen LogP contribution in [0.2, 0.25) is 0 Å². The molecule has 2 aromatic carbocycles. The van der Waals surface area contributed by atoms with Crippen molar-refractivity contribution in [3.8, 4) is 0 Å². The number of H-pyrrole nitrogens is 2. The molecule has 59 heavy (non-hydrogen) atoms. The van der Waals surface area contributed by atoms with Gasteiger partial charge in [-0.1, -0.05) is 36.4 Å². The van der Waals surface area contributed by atoms with Crippen LogP contribution < -0.4 is 16.0 Å². The Balaban J connectivity index is 1.02. The Labute approximate surface area is 342 Å². The number of rotatable bonds is 14. The fourth-order valence-electron chi connectivity index (χ4n) is 10.6. The number of aromatic amines is 2. The molecule has 8 rings (SSSR count). The van der Waals surface area contributed by atoms with Gasteiger partial charge in [0.2, 0.25) is 23.6 Å². The summed E-state index contributed by atoms with van der Waals surface area (Å²) in [6.45, 7) is 1.95. The first-order chi connectivity index (χ1) is 28.4. The minimum Gasteiger partial charge on any atom is -0.458 e. The molecule has 4 amide bonds. The number of nitrogens with zero attached hydrogens (tertiary/aromatic N) is 2. The quantitative estimate of drug-likeness (QED) is 0.0935. The molecule has 0 radical (unpaired) electrons. The molecule has 0 spiro atoms. The number of imide groups is 1. The Hall–Kier alpha value is -5.54. The molecule has 4 aliphatic rings. The Bertz CT molecular complexity index is 2110. The van der Waals surface area contributed by atoms with Crippen LogP contribution in [0.3, 0.4) is 0 Å². The van der Waals surface area contributed by atoms with Crippen LogP contribution in [-0.4, -0.2) is 122 Å². The number of carbonyl (C=O) groups is 6. The van der Waals surface area contributed by atoms with E-state index in [1.807, 2.05) is 86.5 Å². The third-order valence-electron chi connectivity index (χ3n) is 13.2. The first-order valence-electron chi connectivity index (χ1n) is 20.6. The zero-order valence-electron chi connectivity index (χ0n) is 33.9. The van der Waals surface area contributed by atoms with E-state index in [4.69, 9.17) is 9.47 Å². The van der Waals surface area contributed by atoms with Crippen molar-refractivity contribution >= 4 is 57.4 Å². The summed E-state index contributed by atoms with van der Waals surface area (Å²) in [5, 5.41) is 10.1. The van der Waals surface area contributed by atoms with Crippen molar-refractivity contribution in [3.63, 3.8) is 0 Å². The zero-order chi connectivity index (χ0) is 41.5. The summed E-state index contributed by atoms with van der Waals surface area (Å²) in [6, 6.07) is 14.8. The van der Waals surface area contributed by atoms with E-state index in [9.17, 15) is 28.8 Å². The largest absolute Gasteiger partial charge is 0.458 e. The predicted molar refractivity (Wildman–Crippen MR) is 218 cm³/mol. The van der Waals surface area contributed by atoms with Gasteiger partial charge in [-0.25, -0.2) is 9.59 Å². The monoisotopic (exact) mass is 807 g/mol. The maximum atomic E-state index is 14.5. The van der Waals surface area contributed by atoms with Crippen LogP contribution in [0, 0.1) is 47.3 Å². The van der Waals surface area contributed by atoms with Crippen molar-refractivity contribution in [1.29, 1.82) is 0 Å². The zero-order valence-corrected chi connectivity index (χ0v) is 33.9. The van der Waals surface area contributed by atoms with Crippen molar-refractivity contribution in [2.75, 3.05) is 54.4 Å². The van der Waals surface area contributed by atoms with Gasteiger partial charge in [0.25, 0.3) is 0 Å². The van der Waals surface area contributed by atoms with E-state index in [0.29, 0.717) is 63.0 Å². The summed E-state index contributed by atoms with van der Waals surface area (Å²) in [7, 11) is 7.60. The number of nitrogens with one attached hydrogen (secondary N) is 5. The highest BCUT2D eigenvalue weighted by molar-refractivity contribution is 6.05. The molecule has 0 aliphatic heterocycles. The van der Waals surface area contributed by atoms with Gasteiger partial charge in [-0.05, 0) is 77.8 Å². The number of hydrogen-bond acceptors (Lipinski definition) is 10. The number of para-hydroxylation sites is 2. The second-order valence-corrected chi connectivity index (χ2v) is 17.3. The van der Waals surface area contributed by atoms with E-state index in [1.165, 1.54) is 0 Å². The average molecular weight is 808 g/mol. The van der Waals surface area contributed by atoms with Crippen LogP contribution >= 0.6 is 0 Å². The first kappa shape index (κ1) is 40.2. The van der Waals surface area contributed by atoms with Gasteiger partial charge in [-0.2, -0.15) is 0 Å². The lowest BCUT2D eigenvalue weighted by Gasteiger charge is -2.36. The fourth-order valence-corrected chi connectivity index (χ4v) is 10.6. The Morgan fingerprint density at radius 1 is 0.576 bits per heavy atom. The van der Waals surface area contributed by atoms with E-state index in [0.717, 1.165) is 21.8 Å². The van der Waals surface area contributed by atoms with Crippen molar-refractivity contribution in [2.45, 2.75) is 37.9 Å². The number of likely N-dealkylation sites (N-methyl/N-ethyl adjacent to an activating group) is 2. The van der Waals surface area contributed by atoms with Crippen LogP contribution in [0.5, 0.6) is 0 Å². The molecule has 4 aromatic rings. The van der Waals surface area contributed by atoms with E-state index >= 15 is 0 Å². The third-order valence-corrected chi connectivity index (χ3v) is 13.2. The molecule has 15 nitrogen and oxygen atoms in total. The van der Waals surface area contributed by atoms with Gasteiger partial charge in [0.1, 0.15) is 12.2 Å². The maximum absolute atomic E-state index is 14.5. The Morgan fingerprint density at radius 2 is 0.983 bits per heavy atom. The summed E-state index contributed by atoms with van der Waals surface area (Å²) in [5.41, 5.74) is 2.34. The lowest BCUT2D eigenvalue weighted by Crippen LogP contribution is -2.54. The molecule has 10 unspecified atom stereocenters. The van der Waals surface area contributed by atoms with Crippen molar-refractivity contribution in [3.05, 3.63) is 72.1 Å². The van der Waals surface area contributed by atoms with Crippen molar-refractivity contribution in [1.82, 2.24) is 35.7 Å². The molecule has 2 heterocycles. The standard InChI is InChI=1S/C44H53N7O8/c1-50(2)15-13-45-39(52)35-23-17-27(33(19-23)58-43(56)29-21-47-31-11-7-5-9-25(29)31)37(35)41(54)49-42(55)38-28-18-24(36(38)40(53)46-14-16-51(3)4)20-34(28)59-44(57)30-22-48-32-12-8-6-10-26(30)32/h5-12,21-24,27-28,33-38,47-48H,13-20H2,1-4H3,(H,45,52)(H,46,53)(H,49,54,55). The smallest absolute Gasteiger partial charge is 0.340 e. The van der Waals surface area contributed by atoms with Gasteiger partial charge in [0.15, 0.2) is 0 Å². The summed E-state index contributed by atoms with van der Waals surface area (Å²) < 4.78 is 12.2. The fraction of sp³-hybridized carbons (Fsp3) is 0.500. The van der Waals surface area contributed by atoms with Crippen LogP contribution in [0.1, 0.15) is 46.4 Å². The van der Waals surface area contributed by atoms with Gasteiger partial charge in [0, 0.05) is 72.2 Å². The summed E-state index contributed by atoms with van der Waals surface area (Å²) >= 11 is 0. The number of ether oxygens (including phenoxy) is 2. The number of aromatic nitrogens is 2. The average Bonchev–Trinajstić information content (AvgIpc) is 4.06. The number of esters is 2. The predicted octanol–water partition coefficient (Wildman–Crippen LogP) is 2.94. The molecule has 2 aromatic heterocycles. The topological polar surface area (TPSA) is 195 Å². The van der Waals surface area contributed by atoms with E-state index < -0.39 is 71.5 Å². The van der Waals surface area contributed by atoms with Gasteiger partial charge >= 0.3 is 11.9 Å². The Kier molecular flexibility index (Phi) is 11.3. The number of hydrogen-bond donors (Lipinski definition) is 5. The van der Waals surface area contributed by atoms with Crippen LogP contribution in [0.25, 0.3) is 21.8 Å². The minimum absolute atomic E-state index is 0.253. The first-order valence-corrected chi connectivity index (χ1v) is 20.6. The molecule has 5 N–H and O–H groups in total. The van der Waals surface area contributed by atoms with Crippen molar-refractivity contribution < 1.29 is 38.2 Å². The number of fused-ring (bicyclic) bond motifs is 6. The van der Waals surface area contributed by atoms with Gasteiger partial charge < -0.3 is 39.9 Å². The minimum atomic E-state index is -0.959. The molecule has 4 aliphatic carbocycles. The van der Waals surface area contributed by atoms with Crippen LogP contribution in [0.15, 0.2) is 60.9 Å². The molecule has 4 fully saturated rings. The molecular formula is C44H53N7O8. The third kappa shape index (κ3) is 7.85. The lowest BCUT2D eigenvalue weighted by atomic mass is 9.75. The van der Waals surface area contributed by atoms with Crippen LogP contribution in [0.4, 0.5) is 0 Å². The molecule has 15 heteroatoms. The number of amides is 4. The highest BCUT2D eigenvalue weighted by Crippen LogP contribution is 2.56. The van der Waals surface area contributed by atoms with Gasteiger partial charge in [-0.15, -0.1) is 0 Å². The Morgan fingerprint density at radius 3 is 1.39 bits per heavy atom. The molecular weight excluding hydrogens is 755 g/mol. The van der Waals surface area contributed by atoms with E-state index in [2.05, 4.69) is 25.9 Å². The second-order valence-electron chi connectivity index (χ2n) is 17.3. The molecule has 312 valence electrons. The van der Waals surface area contributed by atoms with Gasteiger partial charge in [-0.3, -0.25) is 24.5 Å². The second kappa shape index (κ2) is 16.6. The van der Waals surface area contributed by atoms with Crippen LogP contribution in [-0.2, 0) is 28.7 Å². The lowest BCUT2D eigenvalue weighted by molar-refractivity contribution is -0.147. The molecule has 4 bridgehead atoms. The SMILES string of the molecule is CN(C)CCNC(=O)C1C2CC(OC(=O)c3c[nH]c4ccccc34)C(C2)C1C(=O)NC(=O)C1C2CC(CC2OC(=O)c2c[nH]c3ccccc23)C1C(=O)NCCN(C)C. The van der Waals surface area contributed by atoms with E-state index in [-0.39, 0.29) is 23.7 Å². The molecule has 4 saturated carbocycles. The molecule has 0 saturated heterocycles. The van der Waals surface area contributed by atoms with Crippen molar-refractivity contribution in [2.24, 2.45) is 47.3 Å². The highest BCUT2D eigenvalue weighted by Gasteiger charge is 2.62.